The van der Waals surface area contributed by atoms with Gasteiger partial charge in [-0.25, -0.2) is 4.98 Å². The Labute approximate surface area is 129 Å². The maximum atomic E-state index is 12.2. The molecule has 0 spiro atoms. The number of anilines is 2. The number of nitrogens with one attached hydrogen (secondary N) is 2. The Morgan fingerprint density at radius 1 is 1.52 bits per heavy atom. The van der Waals surface area contributed by atoms with E-state index in [2.05, 4.69) is 29.5 Å². The molecule has 0 aromatic carbocycles. The standard InChI is InChI=1S/C14H24N4O2S/c1-8(2)6-17-14-18-12(15)11(21-14)13(20)16-7-9-4-3-5-10(9)19/h8-10,19H,3-7,15H2,1-2H3,(H,16,20)(H,17,18). The summed E-state index contributed by atoms with van der Waals surface area (Å²) in [6.07, 6.45) is 2.51. The highest BCUT2D eigenvalue weighted by atomic mass is 32.1. The van der Waals surface area contributed by atoms with Gasteiger partial charge in [-0.15, -0.1) is 0 Å². The van der Waals surface area contributed by atoms with Crippen molar-refractivity contribution < 1.29 is 9.90 Å². The molecule has 1 saturated carbocycles. The largest absolute Gasteiger partial charge is 0.393 e. The average Bonchev–Trinajstić information content (AvgIpc) is 3.00. The van der Waals surface area contributed by atoms with E-state index in [1.54, 1.807) is 0 Å². The second-order valence-electron chi connectivity index (χ2n) is 5.98. The first-order chi connectivity index (χ1) is 9.97. The lowest BCUT2D eigenvalue weighted by molar-refractivity contribution is 0.0921. The number of amides is 1. The van der Waals surface area contributed by atoms with Gasteiger partial charge < -0.3 is 21.5 Å². The molecule has 2 rings (SSSR count). The minimum Gasteiger partial charge on any atom is -0.393 e. The SMILES string of the molecule is CC(C)CNc1nc(N)c(C(=O)NCC2CCCC2O)s1. The van der Waals surface area contributed by atoms with Crippen molar-refractivity contribution in [1.29, 1.82) is 0 Å². The third-order valence-electron chi connectivity index (χ3n) is 3.66. The molecule has 2 atom stereocenters. The van der Waals surface area contributed by atoms with Gasteiger partial charge in [-0.05, 0) is 18.8 Å². The first-order valence-electron chi connectivity index (χ1n) is 7.43. The predicted molar refractivity (Wildman–Crippen MR) is 85.5 cm³/mol. The maximum absolute atomic E-state index is 12.2. The molecule has 0 radical (unpaired) electrons. The van der Waals surface area contributed by atoms with E-state index in [4.69, 9.17) is 5.73 Å². The fraction of sp³-hybridized carbons (Fsp3) is 0.714. The number of thiazole rings is 1. The highest BCUT2D eigenvalue weighted by Crippen LogP contribution is 2.27. The molecule has 21 heavy (non-hydrogen) atoms. The summed E-state index contributed by atoms with van der Waals surface area (Å²) >= 11 is 1.27. The topological polar surface area (TPSA) is 100 Å². The number of carbonyl (C=O) groups excluding carboxylic acids is 1. The van der Waals surface area contributed by atoms with Crippen LogP contribution in [0.2, 0.25) is 0 Å². The summed E-state index contributed by atoms with van der Waals surface area (Å²) in [6.45, 7) is 5.49. The number of aliphatic hydroxyl groups is 1. The number of carbonyl (C=O) groups is 1. The summed E-state index contributed by atoms with van der Waals surface area (Å²) in [6, 6.07) is 0. The first-order valence-corrected chi connectivity index (χ1v) is 8.25. The van der Waals surface area contributed by atoms with E-state index in [-0.39, 0.29) is 23.7 Å². The normalized spacial score (nSPS) is 21.7. The monoisotopic (exact) mass is 312 g/mol. The lowest BCUT2D eigenvalue weighted by atomic mass is 10.1. The van der Waals surface area contributed by atoms with Gasteiger partial charge in [0.2, 0.25) is 0 Å². The molecule has 5 N–H and O–H groups in total. The maximum Gasteiger partial charge on any atom is 0.265 e. The van der Waals surface area contributed by atoms with Crippen molar-refractivity contribution in [3.05, 3.63) is 4.88 Å². The Kier molecular flexibility index (Phi) is 5.41. The molecule has 1 heterocycles. The van der Waals surface area contributed by atoms with E-state index in [1.165, 1.54) is 11.3 Å². The number of aliphatic hydroxyl groups excluding tert-OH is 1. The van der Waals surface area contributed by atoms with Crippen molar-refractivity contribution in [3.63, 3.8) is 0 Å². The highest BCUT2D eigenvalue weighted by molar-refractivity contribution is 7.18. The smallest absolute Gasteiger partial charge is 0.265 e. The number of nitrogens with two attached hydrogens (primary N) is 1. The van der Waals surface area contributed by atoms with Crippen LogP contribution >= 0.6 is 11.3 Å². The summed E-state index contributed by atoms with van der Waals surface area (Å²) in [5, 5.41) is 16.5. The van der Waals surface area contributed by atoms with E-state index >= 15 is 0 Å². The van der Waals surface area contributed by atoms with Gasteiger partial charge in [0, 0.05) is 19.0 Å². The summed E-state index contributed by atoms with van der Waals surface area (Å²) in [7, 11) is 0. The molecule has 0 bridgehead atoms. The fourth-order valence-electron chi connectivity index (χ4n) is 2.42. The minimum atomic E-state index is -0.299. The second kappa shape index (κ2) is 7.09. The highest BCUT2D eigenvalue weighted by Gasteiger charge is 2.26. The van der Waals surface area contributed by atoms with Crippen molar-refractivity contribution in [2.75, 3.05) is 24.1 Å². The Morgan fingerprint density at radius 2 is 2.29 bits per heavy atom. The second-order valence-corrected chi connectivity index (χ2v) is 6.98. The molecule has 1 aromatic heterocycles. The van der Waals surface area contributed by atoms with Gasteiger partial charge in [0.05, 0.1) is 6.10 Å². The summed E-state index contributed by atoms with van der Waals surface area (Å²) in [5.41, 5.74) is 5.81. The Bertz CT molecular complexity index is 489. The van der Waals surface area contributed by atoms with Crippen LogP contribution in [0.3, 0.4) is 0 Å². The van der Waals surface area contributed by atoms with Gasteiger partial charge in [-0.2, -0.15) is 0 Å². The summed E-state index contributed by atoms with van der Waals surface area (Å²) in [4.78, 5) is 16.8. The number of aromatic nitrogens is 1. The van der Waals surface area contributed by atoms with Crippen molar-refractivity contribution in [2.24, 2.45) is 11.8 Å². The van der Waals surface area contributed by atoms with Crippen LogP contribution in [0.4, 0.5) is 10.9 Å². The number of nitrogens with zero attached hydrogens (tertiary/aromatic N) is 1. The van der Waals surface area contributed by atoms with Gasteiger partial charge in [-0.1, -0.05) is 31.6 Å². The summed E-state index contributed by atoms with van der Waals surface area (Å²) in [5.74, 6) is 0.704. The van der Waals surface area contributed by atoms with E-state index in [9.17, 15) is 9.90 Å². The molecular formula is C14H24N4O2S. The molecule has 118 valence electrons. The Morgan fingerprint density at radius 3 is 2.90 bits per heavy atom. The van der Waals surface area contributed by atoms with Crippen LogP contribution < -0.4 is 16.4 Å². The van der Waals surface area contributed by atoms with Crippen LogP contribution in [-0.2, 0) is 0 Å². The number of nitrogen functional groups attached to an aromatic ring is 1. The van der Waals surface area contributed by atoms with Crippen LogP contribution in [-0.4, -0.2) is 35.2 Å². The molecule has 0 saturated heterocycles. The van der Waals surface area contributed by atoms with Crippen LogP contribution in [0, 0.1) is 11.8 Å². The van der Waals surface area contributed by atoms with E-state index < -0.39 is 0 Å². The lowest BCUT2D eigenvalue weighted by Gasteiger charge is -2.14. The summed E-state index contributed by atoms with van der Waals surface area (Å²) < 4.78 is 0. The van der Waals surface area contributed by atoms with Crippen LogP contribution in [0.15, 0.2) is 0 Å². The molecule has 1 aliphatic carbocycles. The average molecular weight is 312 g/mol. The molecule has 1 fully saturated rings. The zero-order valence-corrected chi connectivity index (χ0v) is 13.4. The molecule has 1 aliphatic rings. The van der Waals surface area contributed by atoms with Crippen LogP contribution in [0.1, 0.15) is 42.8 Å². The van der Waals surface area contributed by atoms with Crippen molar-refractivity contribution in [2.45, 2.75) is 39.2 Å². The zero-order chi connectivity index (χ0) is 15.4. The third kappa shape index (κ3) is 4.31. The molecular weight excluding hydrogens is 288 g/mol. The van der Waals surface area contributed by atoms with Gasteiger partial charge in [0.25, 0.3) is 5.91 Å². The van der Waals surface area contributed by atoms with Gasteiger partial charge in [0.15, 0.2) is 5.13 Å². The number of hydrogen-bond donors (Lipinski definition) is 4. The van der Waals surface area contributed by atoms with Crippen LogP contribution in [0.25, 0.3) is 0 Å². The third-order valence-corrected chi connectivity index (χ3v) is 4.69. The van der Waals surface area contributed by atoms with Gasteiger partial charge >= 0.3 is 0 Å². The lowest BCUT2D eigenvalue weighted by Crippen LogP contribution is -2.32. The van der Waals surface area contributed by atoms with Crippen molar-refractivity contribution in [3.8, 4) is 0 Å². The zero-order valence-electron chi connectivity index (χ0n) is 12.6. The van der Waals surface area contributed by atoms with Crippen molar-refractivity contribution in [1.82, 2.24) is 10.3 Å². The Balaban J connectivity index is 1.89. The van der Waals surface area contributed by atoms with Crippen LogP contribution in [0.5, 0.6) is 0 Å². The van der Waals surface area contributed by atoms with Gasteiger partial charge in [-0.3, -0.25) is 4.79 Å². The van der Waals surface area contributed by atoms with E-state index in [0.29, 0.717) is 22.5 Å². The van der Waals surface area contributed by atoms with E-state index in [1.807, 2.05) is 0 Å². The predicted octanol–water partition coefficient (Wildman–Crippen LogP) is 1.68. The molecule has 1 amide bonds. The van der Waals surface area contributed by atoms with E-state index in [0.717, 1.165) is 25.8 Å². The minimum absolute atomic E-state index is 0.154. The molecule has 1 aromatic rings. The van der Waals surface area contributed by atoms with Crippen molar-refractivity contribution >= 4 is 28.2 Å². The first kappa shape index (κ1) is 16.0. The number of hydrogen-bond acceptors (Lipinski definition) is 6. The molecule has 6 nitrogen and oxygen atoms in total. The quantitative estimate of drug-likeness (QED) is 0.640. The van der Waals surface area contributed by atoms with Gasteiger partial charge in [0.1, 0.15) is 10.7 Å². The molecule has 2 unspecified atom stereocenters. The number of rotatable bonds is 6. The molecule has 0 aliphatic heterocycles. The fourth-order valence-corrected chi connectivity index (χ4v) is 3.23. The Hall–Kier alpha value is -1.34. The molecule has 7 heteroatoms.